The highest BCUT2D eigenvalue weighted by Crippen LogP contribution is 2.03. The van der Waals surface area contributed by atoms with Crippen LogP contribution in [0.15, 0.2) is 0 Å². The molecule has 0 saturated carbocycles. The second-order valence-corrected chi connectivity index (χ2v) is 5.48. The van der Waals surface area contributed by atoms with E-state index in [1.54, 1.807) is 0 Å². The lowest BCUT2D eigenvalue weighted by atomic mass is 10.2. The molecule has 0 aliphatic rings. The molecule has 1 unspecified atom stereocenters. The summed E-state index contributed by atoms with van der Waals surface area (Å²) in [7, 11) is 0. The van der Waals surface area contributed by atoms with Gasteiger partial charge in [-0.1, -0.05) is 12.8 Å². The van der Waals surface area contributed by atoms with Crippen LogP contribution in [0.4, 0.5) is 0 Å². The lowest BCUT2D eigenvalue weighted by molar-refractivity contribution is -0.127. The topological polar surface area (TPSA) is 58.2 Å². The van der Waals surface area contributed by atoms with Crippen molar-refractivity contribution in [3.63, 3.8) is 0 Å². The zero-order chi connectivity index (χ0) is 13.8. The van der Waals surface area contributed by atoms with Crippen molar-refractivity contribution in [1.29, 1.82) is 0 Å². The van der Waals surface area contributed by atoms with Crippen LogP contribution in [0.25, 0.3) is 0 Å². The van der Waals surface area contributed by atoms with Crippen LogP contribution >= 0.6 is 24.4 Å². The third-order valence-corrected chi connectivity index (χ3v) is 3.51. The van der Waals surface area contributed by atoms with Crippen LogP contribution in [0.1, 0.15) is 32.6 Å². The van der Waals surface area contributed by atoms with Gasteiger partial charge in [-0.25, -0.2) is 0 Å². The van der Waals surface area contributed by atoms with Gasteiger partial charge in [0.1, 0.15) is 6.04 Å². The molecule has 0 heterocycles. The number of hydrogen-bond donors (Lipinski definition) is 3. The van der Waals surface area contributed by atoms with Crippen molar-refractivity contribution >= 4 is 36.2 Å². The Bertz CT molecular complexity index is 250. The molecule has 1 atom stereocenters. The number of carbonyl (C=O) groups excluding carboxylic acids is 2. The summed E-state index contributed by atoms with van der Waals surface area (Å²) in [6.07, 6.45) is 6.67. The number of nitrogens with one attached hydrogen (secondary N) is 2. The molecule has 0 fully saturated rings. The first kappa shape index (κ1) is 17.6. The molecule has 106 valence electrons. The number of thiol groups is 1. The zero-order valence-electron chi connectivity index (χ0n) is 11.2. The van der Waals surface area contributed by atoms with Gasteiger partial charge in [0.05, 0.1) is 0 Å². The minimum Gasteiger partial charge on any atom is -0.354 e. The molecule has 0 radical (unpaired) electrons. The van der Waals surface area contributed by atoms with Gasteiger partial charge < -0.3 is 10.6 Å². The van der Waals surface area contributed by atoms with Gasteiger partial charge in [0.2, 0.25) is 11.8 Å². The summed E-state index contributed by atoms with van der Waals surface area (Å²) in [5.74, 6) is 1.17. The fourth-order valence-electron chi connectivity index (χ4n) is 1.50. The van der Waals surface area contributed by atoms with Crippen LogP contribution < -0.4 is 10.6 Å². The molecule has 0 bridgehead atoms. The van der Waals surface area contributed by atoms with E-state index in [0.29, 0.717) is 12.3 Å². The SMILES string of the molecule is CSCCCCCCNC(=O)C(CS)NC(C)=O. The highest BCUT2D eigenvalue weighted by molar-refractivity contribution is 7.98. The molecule has 0 aromatic carbocycles. The maximum atomic E-state index is 11.7. The number of hydrogen-bond acceptors (Lipinski definition) is 4. The Labute approximate surface area is 119 Å². The average Bonchev–Trinajstić information content (AvgIpc) is 2.34. The molecular formula is C12H24N2O2S2. The van der Waals surface area contributed by atoms with Crippen LogP contribution in [0.2, 0.25) is 0 Å². The lowest BCUT2D eigenvalue weighted by Crippen LogP contribution is -2.47. The fraction of sp³-hybridized carbons (Fsp3) is 0.833. The zero-order valence-corrected chi connectivity index (χ0v) is 12.9. The largest absolute Gasteiger partial charge is 0.354 e. The number of rotatable bonds is 10. The Morgan fingerprint density at radius 1 is 1.22 bits per heavy atom. The number of unbranched alkanes of at least 4 members (excludes halogenated alkanes) is 3. The van der Waals surface area contributed by atoms with E-state index < -0.39 is 6.04 Å². The highest BCUT2D eigenvalue weighted by atomic mass is 32.2. The van der Waals surface area contributed by atoms with E-state index in [1.165, 1.54) is 25.5 Å². The summed E-state index contributed by atoms with van der Waals surface area (Å²) >= 11 is 5.92. The van der Waals surface area contributed by atoms with Crippen molar-refractivity contribution < 1.29 is 9.59 Å². The van der Waals surface area contributed by atoms with Gasteiger partial charge in [0.15, 0.2) is 0 Å². The summed E-state index contributed by atoms with van der Waals surface area (Å²) in [6.45, 7) is 2.07. The summed E-state index contributed by atoms with van der Waals surface area (Å²) in [4.78, 5) is 22.5. The van der Waals surface area contributed by atoms with Gasteiger partial charge in [-0.15, -0.1) is 0 Å². The second-order valence-electron chi connectivity index (χ2n) is 4.13. The Morgan fingerprint density at radius 2 is 1.89 bits per heavy atom. The normalized spacial score (nSPS) is 11.9. The van der Waals surface area contributed by atoms with E-state index in [9.17, 15) is 9.59 Å². The summed E-state index contributed by atoms with van der Waals surface area (Å²) in [6, 6.07) is -0.526. The molecule has 6 heteroatoms. The molecule has 2 amide bonds. The maximum absolute atomic E-state index is 11.7. The molecule has 2 N–H and O–H groups in total. The maximum Gasteiger partial charge on any atom is 0.243 e. The lowest BCUT2D eigenvalue weighted by Gasteiger charge is -2.15. The van der Waals surface area contributed by atoms with E-state index >= 15 is 0 Å². The Hall–Kier alpha value is -0.360. The molecule has 0 rings (SSSR count). The standard InChI is InChI=1S/C12H24N2O2S2/c1-10(15)14-11(9-17)12(16)13-7-5-3-4-6-8-18-2/h11,17H,3-9H2,1-2H3,(H,13,16)(H,14,15). The number of amides is 2. The predicted molar refractivity (Wildman–Crippen MR) is 81.3 cm³/mol. The second kappa shape index (κ2) is 11.7. The van der Waals surface area contributed by atoms with Crippen molar-refractivity contribution in [2.75, 3.05) is 24.3 Å². The number of carbonyl (C=O) groups is 2. The van der Waals surface area contributed by atoms with Gasteiger partial charge in [-0.05, 0) is 24.9 Å². The minimum absolute atomic E-state index is 0.149. The summed E-state index contributed by atoms with van der Waals surface area (Å²) in [5, 5.41) is 5.39. The van der Waals surface area contributed by atoms with E-state index in [-0.39, 0.29) is 11.8 Å². The van der Waals surface area contributed by atoms with Crippen molar-refractivity contribution in [1.82, 2.24) is 10.6 Å². The molecule has 18 heavy (non-hydrogen) atoms. The quantitative estimate of drug-likeness (QED) is 0.422. The average molecular weight is 292 g/mol. The molecule has 0 aliphatic heterocycles. The first-order valence-corrected chi connectivity index (χ1v) is 8.29. The van der Waals surface area contributed by atoms with Crippen LogP contribution in [0, 0.1) is 0 Å². The third kappa shape index (κ3) is 9.65. The minimum atomic E-state index is -0.526. The molecule has 0 saturated heterocycles. The van der Waals surface area contributed by atoms with Gasteiger partial charge in [-0.2, -0.15) is 24.4 Å². The summed E-state index contributed by atoms with van der Waals surface area (Å²) in [5.41, 5.74) is 0. The van der Waals surface area contributed by atoms with Crippen LogP contribution in [0.3, 0.4) is 0 Å². The Kier molecular flexibility index (Phi) is 11.5. The van der Waals surface area contributed by atoms with Crippen molar-refractivity contribution in [3.05, 3.63) is 0 Å². The molecular weight excluding hydrogens is 268 g/mol. The predicted octanol–water partition coefficient (Wildman–Crippen LogP) is 1.46. The fourth-order valence-corrected chi connectivity index (χ4v) is 2.25. The molecule has 4 nitrogen and oxygen atoms in total. The van der Waals surface area contributed by atoms with Gasteiger partial charge >= 0.3 is 0 Å². The van der Waals surface area contributed by atoms with Crippen molar-refractivity contribution in [2.24, 2.45) is 0 Å². The first-order chi connectivity index (χ1) is 8.61. The monoisotopic (exact) mass is 292 g/mol. The van der Waals surface area contributed by atoms with E-state index in [0.717, 1.165) is 12.8 Å². The van der Waals surface area contributed by atoms with E-state index in [1.807, 2.05) is 11.8 Å². The van der Waals surface area contributed by atoms with Crippen LogP contribution in [-0.4, -0.2) is 42.2 Å². The Balaban J connectivity index is 3.59. The Morgan fingerprint density at radius 3 is 2.44 bits per heavy atom. The number of thioether (sulfide) groups is 1. The van der Waals surface area contributed by atoms with Gasteiger partial charge in [-0.3, -0.25) is 9.59 Å². The smallest absolute Gasteiger partial charge is 0.243 e. The molecule has 0 aromatic heterocycles. The third-order valence-electron chi connectivity index (χ3n) is 2.45. The summed E-state index contributed by atoms with van der Waals surface area (Å²) < 4.78 is 0. The molecule has 0 spiro atoms. The molecule has 0 aromatic rings. The van der Waals surface area contributed by atoms with Crippen molar-refractivity contribution in [2.45, 2.75) is 38.6 Å². The van der Waals surface area contributed by atoms with Crippen molar-refractivity contribution in [3.8, 4) is 0 Å². The first-order valence-electron chi connectivity index (χ1n) is 6.26. The van der Waals surface area contributed by atoms with E-state index in [4.69, 9.17) is 0 Å². The molecule has 0 aliphatic carbocycles. The van der Waals surface area contributed by atoms with Gasteiger partial charge in [0.25, 0.3) is 0 Å². The van der Waals surface area contributed by atoms with Crippen LogP contribution in [-0.2, 0) is 9.59 Å². The highest BCUT2D eigenvalue weighted by Gasteiger charge is 2.16. The van der Waals surface area contributed by atoms with Crippen LogP contribution in [0.5, 0.6) is 0 Å². The van der Waals surface area contributed by atoms with E-state index in [2.05, 4.69) is 29.5 Å². The van der Waals surface area contributed by atoms with Gasteiger partial charge in [0, 0.05) is 19.2 Å².